The van der Waals surface area contributed by atoms with Crippen LogP contribution in [0.3, 0.4) is 0 Å². The Morgan fingerprint density at radius 3 is 2.47 bits per heavy atom. The molecule has 2 aromatic rings. The zero-order valence-electron chi connectivity index (χ0n) is 10.3. The van der Waals surface area contributed by atoms with E-state index >= 15 is 0 Å². The molecule has 1 aromatic carbocycles. The van der Waals surface area contributed by atoms with Gasteiger partial charge in [0.25, 0.3) is 0 Å². The maximum atomic E-state index is 11.3. The summed E-state index contributed by atoms with van der Waals surface area (Å²) in [4.78, 5) is 15.2. The van der Waals surface area contributed by atoms with Crippen molar-refractivity contribution in [3.05, 3.63) is 64.9 Å². The molecule has 0 saturated heterocycles. The lowest BCUT2D eigenvalue weighted by atomic mass is 9.93. The Morgan fingerprint density at radius 2 is 1.84 bits per heavy atom. The Balaban J connectivity index is 2.11. The van der Waals surface area contributed by atoms with Crippen LogP contribution in [0.1, 0.15) is 11.1 Å². The first-order valence-corrected chi connectivity index (χ1v) is 6.40. The molecule has 0 fully saturated rings. The maximum absolute atomic E-state index is 11.3. The molecule has 1 atom stereocenters. The molecule has 1 N–H and O–H groups in total. The molecule has 4 heteroatoms. The molecule has 1 aromatic heterocycles. The first-order chi connectivity index (χ1) is 9.15. The molecule has 0 bridgehead atoms. The minimum Gasteiger partial charge on any atom is -0.481 e. The number of carboxylic acid groups (broad SMARTS) is 1. The van der Waals surface area contributed by atoms with E-state index < -0.39 is 11.9 Å². The normalized spacial score (nSPS) is 12.1. The summed E-state index contributed by atoms with van der Waals surface area (Å²) >= 11 is 5.81. The van der Waals surface area contributed by atoms with Gasteiger partial charge < -0.3 is 5.11 Å². The van der Waals surface area contributed by atoms with E-state index in [1.165, 1.54) is 0 Å². The van der Waals surface area contributed by atoms with E-state index in [9.17, 15) is 9.90 Å². The van der Waals surface area contributed by atoms with Crippen molar-refractivity contribution in [3.63, 3.8) is 0 Å². The minimum atomic E-state index is -0.795. The number of carbonyl (C=O) groups is 1. The van der Waals surface area contributed by atoms with Gasteiger partial charge in [0.15, 0.2) is 0 Å². The number of pyridine rings is 1. The molecule has 0 aliphatic rings. The Hall–Kier alpha value is -1.87. The lowest BCUT2D eigenvalue weighted by Crippen LogP contribution is -2.19. The SMILES string of the molecule is O=C(O)C(Cc1ccccc1)Cc1ccnc(Cl)c1. The van der Waals surface area contributed by atoms with E-state index in [1.807, 2.05) is 30.3 Å². The van der Waals surface area contributed by atoms with Gasteiger partial charge in [-0.3, -0.25) is 4.79 Å². The number of rotatable bonds is 5. The molecule has 98 valence electrons. The van der Waals surface area contributed by atoms with Gasteiger partial charge >= 0.3 is 5.97 Å². The van der Waals surface area contributed by atoms with Crippen molar-refractivity contribution >= 4 is 17.6 Å². The number of aromatic nitrogens is 1. The highest BCUT2D eigenvalue weighted by molar-refractivity contribution is 6.29. The third kappa shape index (κ3) is 4.07. The van der Waals surface area contributed by atoms with Crippen LogP contribution in [0.4, 0.5) is 0 Å². The van der Waals surface area contributed by atoms with Gasteiger partial charge in [-0.25, -0.2) is 4.98 Å². The summed E-state index contributed by atoms with van der Waals surface area (Å²) in [5, 5.41) is 9.71. The van der Waals surface area contributed by atoms with Crippen molar-refractivity contribution in [1.29, 1.82) is 0 Å². The second-order valence-electron chi connectivity index (χ2n) is 4.42. The average Bonchev–Trinajstić information content (AvgIpc) is 2.39. The number of halogens is 1. The first kappa shape index (κ1) is 13.6. The van der Waals surface area contributed by atoms with Crippen molar-refractivity contribution in [1.82, 2.24) is 4.98 Å². The topological polar surface area (TPSA) is 50.2 Å². The Kier molecular flexibility index (Phi) is 4.53. The maximum Gasteiger partial charge on any atom is 0.307 e. The summed E-state index contributed by atoms with van der Waals surface area (Å²) in [6, 6.07) is 13.1. The summed E-state index contributed by atoms with van der Waals surface area (Å²) in [6.45, 7) is 0. The summed E-state index contributed by atoms with van der Waals surface area (Å²) in [5.74, 6) is -1.25. The molecule has 0 radical (unpaired) electrons. The van der Waals surface area contributed by atoms with Crippen LogP contribution in [0.5, 0.6) is 0 Å². The molecule has 0 spiro atoms. The van der Waals surface area contributed by atoms with Gasteiger partial charge in [0.1, 0.15) is 5.15 Å². The Bertz CT molecular complexity index is 557. The molecule has 19 heavy (non-hydrogen) atoms. The Morgan fingerprint density at radius 1 is 1.16 bits per heavy atom. The van der Waals surface area contributed by atoms with E-state index in [-0.39, 0.29) is 0 Å². The molecule has 1 heterocycles. The number of carboxylic acids is 1. The molecule has 0 saturated carbocycles. The number of aliphatic carboxylic acids is 1. The fraction of sp³-hybridized carbons (Fsp3) is 0.200. The molecule has 0 amide bonds. The van der Waals surface area contributed by atoms with Crippen LogP contribution < -0.4 is 0 Å². The highest BCUT2D eigenvalue weighted by atomic mass is 35.5. The van der Waals surface area contributed by atoms with Crippen LogP contribution in [0.25, 0.3) is 0 Å². The van der Waals surface area contributed by atoms with Crippen molar-refractivity contribution in [2.75, 3.05) is 0 Å². The average molecular weight is 276 g/mol. The third-order valence-corrected chi connectivity index (χ3v) is 3.15. The fourth-order valence-electron chi connectivity index (χ4n) is 2.00. The summed E-state index contributed by atoms with van der Waals surface area (Å²) in [5.41, 5.74) is 1.92. The molecule has 1 unspecified atom stereocenters. The molecule has 3 nitrogen and oxygen atoms in total. The van der Waals surface area contributed by atoms with E-state index in [0.717, 1.165) is 11.1 Å². The van der Waals surface area contributed by atoms with E-state index in [2.05, 4.69) is 4.98 Å². The van der Waals surface area contributed by atoms with Gasteiger partial charge in [-0.2, -0.15) is 0 Å². The van der Waals surface area contributed by atoms with Crippen LogP contribution in [-0.2, 0) is 17.6 Å². The van der Waals surface area contributed by atoms with Crippen molar-refractivity contribution in [2.24, 2.45) is 5.92 Å². The highest BCUT2D eigenvalue weighted by Gasteiger charge is 2.18. The monoisotopic (exact) mass is 275 g/mol. The highest BCUT2D eigenvalue weighted by Crippen LogP contribution is 2.16. The van der Waals surface area contributed by atoms with Gasteiger partial charge in [-0.05, 0) is 36.1 Å². The van der Waals surface area contributed by atoms with Crippen molar-refractivity contribution < 1.29 is 9.90 Å². The van der Waals surface area contributed by atoms with Crippen LogP contribution in [0.15, 0.2) is 48.7 Å². The largest absolute Gasteiger partial charge is 0.481 e. The van der Waals surface area contributed by atoms with E-state index in [4.69, 9.17) is 11.6 Å². The number of hydrogen-bond donors (Lipinski definition) is 1. The lowest BCUT2D eigenvalue weighted by molar-refractivity contribution is -0.141. The number of nitrogens with zero attached hydrogens (tertiary/aromatic N) is 1. The van der Waals surface area contributed by atoms with Crippen molar-refractivity contribution in [3.8, 4) is 0 Å². The zero-order chi connectivity index (χ0) is 13.7. The number of hydrogen-bond acceptors (Lipinski definition) is 2. The Labute approximate surface area is 116 Å². The second kappa shape index (κ2) is 6.34. The lowest BCUT2D eigenvalue weighted by Gasteiger charge is -2.12. The van der Waals surface area contributed by atoms with Gasteiger partial charge in [0, 0.05) is 6.20 Å². The van der Waals surface area contributed by atoms with Crippen LogP contribution in [0, 0.1) is 5.92 Å². The predicted octanol–water partition coefficient (Wildman–Crippen LogP) is 3.22. The summed E-state index contributed by atoms with van der Waals surface area (Å²) in [7, 11) is 0. The van der Waals surface area contributed by atoms with Crippen LogP contribution in [0.2, 0.25) is 5.15 Å². The van der Waals surface area contributed by atoms with E-state index in [0.29, 0.717) is 18.0 Å². The number of benzene rings is 1. The molecular weight excluding hydrogens is 262 g/mol. The van der Waals surface area contributed by atoms with E-state index in [1.54, 1.807) is 18.3 Å². The summed E-state index contributed by atoms with van der Waals surface area (Å²) < 4.78 is 0. The third-order valence-electron chi connectivity index (χ3n) is 2.95. The summed E-state index contributed by atoms with van der Waals surface area (Å²) in [6.07, 6.45) is 2.56. The van der Waals surface area contributed by atoms with Crippen LogP contribution >= 0.6 is 11.6 Å². The molecular formula is C15H14ClNO2. The van der Waals surface area contributed by atoms with Crippen LogP contribution in [-0.4, -0.2) is 16.1 Å². The molecule has 0 aliphatic carbocycles. The zero-order valence-corrected chi connectivity index (χ0v) is 11.0. The van der Waals surface area contributed by atoms with Gasteiger partial charge in [0.2, 0.25) is 0 Å². The molecule has 2 rings (SSSR count). The molecule has 0 aliphatic heterocycles. The quantitative estimate of drug-likeness (QED) is 0.853. The second-order valence-corrected chi connectivity index (χ2v) is 4.80. The standard InChI is InChI=1S/C15H14ClNO2/c16-14-10-12(6-7-17-14)9-13(15(18)19)8-11-4-2-1-3-5-11/h1-7,10,13H,8-9H2,(H,18,19). The predicted molar refractivity (Wildman–Crippen MR) is 74.2 cm³/mol. The first-order valence-electron chi connectivity index (χ1n) is 6.02. The van der Waals surface area contributed by atoms with Crippen molar-refractivity contribution in [2.45, 2.75) is 12.8 Å². The van der Waals surface area contributed by atoms with Gasteiger partial charge in [-0.1, -0.05) is 41.9 Å². The minimum absolute atomic E-state index is 0.390. The van der Waals surface area contributed by atoms with Gasteiger partial charge in [-0.15, -0.1) is 0 Å². The fourth-order valence-corrected chi connectivity index (χ4v) is 2.20. The van der Waals surface area contributed by atoms with Gasteiger partial charge in [0.05, 0.1) is 5.92 Å². The smallest absolute Gasteiger partial charge is 0.307 e.